The average molecular weight is 335 g/mol. The van der Waals surface area contributed by atoms with E-state index >= 15 is 0 Å². The summed E-state index contributed by atoms with van der Waals surface area (Å²) in [5.41, 5.74) is -0.795. The SMILES string of the molecule is COC(=O)C1(NC(=O)CCCSc2ccccc2)CCCCC1. The topological polar surface area (TPSA) is 55.4 Å². The van der Waals surface area contributed by atoms with Gasteiger partial charge in [0.05, 0.1) is 7.11 Å². The number of carbonyl (C=O) groups excluding carboxylic acids is 2. The van der Waals surface area contributed by atoms with Gasteiger partial charge in [-0.2, -0.15) is 0 Å². The fraction of sp³-hybridized carbons (Fsp3) is 0.556. The highest BCUT2D eigenvalue weighted by molar-refractivity contribution is 7.99. The number of methoxy groups -OCH3 is 1. The Hall–Kier alpha value is -1.49. The molecule has 4 nitrogen and oxygen atoms in total. The van der Waals surface area contributed by atoms with Crippen LogP contribution in [0.4, 0.5) is 0 Å². The Labute approximate surface area is 142 Å². The Bertz CT molecular complexity index is 512. The molecular formula is C18H25NO3S. The Morgan fingerprint density at radius 1 is 1.17 bits per heavy atom. The number of benzene rings is 1. The largest absolute Gasteiger partial charge is 0.467 e. The molecule has 1 saturated carbocycles. The van der Waals surface area contributed by atoms with Crippen molar-refractivity contribution in [2.24, 2.45) is 0 Å². The molecule has 0 radical (unpaired) electrons. The van der Waals surface area contributed by atoms with E-state index in [4.69, 9.17) is 4.74 Å². The highest BCUT2D eigenvalue weighted by Crippen LogP contribution is 2.29. The zero-order valence-electron chi connectivity index (χ0n) is 13.7. The summed E-state index contributed by atoms with van der Waals surface area (Å²) in [5, 5.41) is 2.96. The molecule has 0 heterocycles. The lowest BCUT2D eigenvalue weighted by atomic mass is 9.81. The third-order valence-corrected chi connectivity index (χ3v) is 5.32. The highest BCUT2D eigenvalue weighted by Gasteiger charge is 2.41. The van der Waals surface area contributed by atoms with Gasteiger partial charge in [-0.05, 0) is 37.1 Å². The quantitative estimate of drug-likeness (QED) is 0.470. The van der Waals surface area contributed by atoms with Crippen molar-refractivity contribution < 1.29 is 14.3 Å². The van der Waals surface area contributed by atoms with Crippen LogP contribution in [-0.2, 0) is 14.3 Å². The maximum atomic E-state index is 12.2. The highest BCUT2D eigenvalue weighted by atomic mass is 32.2. The third kappa shape index (κ3) is 5.27. The van der Waals surface area contributed by atoms with Crippen LogP contribution in [0.1, 0.15) is 44.9 Å². The van der Waals surface area contributed by atoms with Gasteiger partial charge in [-0.1, -0.05) is 37.5 Å². The maximum absolute atomic E-state index is 12.2. The first-order valence-electron chi connectivity index (χ1n) is 8.23. The molecule has 0 bridgehead atoms. The number of ether oxygens (including phenoxy) is 1. The zero-order valence-corrected chi connectivity index (χ0v) is 14.5. The predicted octanol–water partition coefficient (Wildman–Crippen LogP) is 3.55. The van der Waals surface area contributed by atoms with Crippen molar-refractivity contribution in [1.29, 1.82) is 0 Å². The molecule has 1 fully saturated rings. The van der Waals surface area contributed by atoms with Crippen LogP contribution in [0.5, 0.6) is 0 Å². The van der Waals surface area contributed by atoms with Crippen molar-refractivity contribution in [3.63, 3.8) is 0 Å². The van der Waals surface area contributed by atoms with E-state index in [0.29, 0.717) is 19.3 Å². The number of hydrogen-bond acceptors (Lipinski definition) is 4. The number of hydrogen-bond donors (Lipinski definition) is 1. The van der Waals surface area contributed by atoms with Gasteiger partial charge >= 0.3 is 5.97 Å². The Kier molecular flexibility index (Phi) is 6.96. The molecule has 0 spiro atoms. The number of rotatable bonds is 7. The van der Waals surface area contributed by atoms with Gasteiger partial charge in [0.2, 0.25) is 5.91 Å². The van der Waals surface area contributed by atoms with Crippen LogP contribution >= 0.6 is 11.8 Å². The summed E-state index contributed by atoms with van der Waals surface area (Å²) >= 11 is 1.75. The Balaban J connectivity index is 1.77. The van der Waals surface area contributed by atoms with Gasteiger partial charge in [0.15, 0.2) is 0 Å². The van der Waals surface area contributed by atoms with Gasteiger partial charge in [-0.15, -0.1) is 11.8 Å². The molecule has 23 heavy (non-hydrogen) atoms. The normalized spacial score (nSPS) is 16.6. The van der Waals surface area contributed by atoms with Crippen molar-refractivity contribution in [2.75, 3.05) is 12.9 Å². The monoisotopic (exact) mass is 335 g/mol. The first-order valence-corrected chi connectivity index (χ1v) is 9.22. The fourth-order valence-corrected chi connectivity index (χ4v) is 3.87. The summed E-state index contributed by atoms with van der Waals surface area (Å²) in [6, 6.07) is 10.2. The second kappa shape index (κ2) is 8.96. The molecule has 0 saturated heterocycles. The van der Waals surface area contributed by atoms with Crippen LogP contribution in [0.25, 0.3) is 0 Å². The summed E-state index contributed by atoms with van der Waals surface area (Å²) < 4.78 is 4.92. The van der Waals surface area contributed by atoms with E-state index in [-0.39, 0.29) is 11.9 Å². The van der Waals surface area contributed by atoms with Gasteiger partial charge in [-0.25, -0.2) is 4.79 Å². The molecule has 1 amide bonds. The second-order valence-electron chi connectivity index (χ2n) is 5.95. The smallest absolute Gasteiger partial charge is 0.331 e. The molecule has 1 aliphatic carbocycles. The minimum atomic E-state index is -0.795. The first-order chi connectivity index (χ1) is 11.2. The zero-order chi connectivity index (χ0) is 16.5. The van der Waals surface area contributed by atoms with Crippen LogP contribution < -0.4 is 5.32 Å². The molecule has 126 valence electrons. The van der Waals surface area contributed by atoms with E-state index in [1.54, 1.807) is 11.8 Å². The molecule has 1 aromatic carbocycles. The van der Waals surface area contributed by atoms with Gasteiger partial charge in [-0.3, -0.25) is 4.79 Å². The average Bonchev–Trinajstić information content (AvgIpc) is 2.59. The summed E-state index contributed by atoms with van der Waals surface area (Å²) in [7, 11) is 1.39. The molecule has 1 aromatic rings. The van der Waals surface area contributed by atoms with Crippen molar-refractivity contribution >= 4 is 23.6 Å². The van der Waals surface area contributed by atoms with E-state index in [2.05, 4.69) is 17.4 Å². The standard InChI is InChI=1S/C18H25NO3S/c1-22-17(21)18(12-6-3-7-13-18)19-16(20)11-8-14-23-15-9-4-2-5-10-15/h2,4-5,9-10H,3,6-8,11-14H2,1H3,(H,19,20). The van der Waals surface area contributed by atoms with E-state index in [1.165, 1.54) is 12.0 Å². The summed E-state index contributed by atoms with van der Waals surface area (Å²) in [4.78, 5) is 25.5. The van der Waals surface area contributed by atoms with Crippen molar-refractivity contribution in [3.8, 4) is 0 Å². The van der Waals surface area contributed by atoms with E-state index < -0.39 is 5.54 Å². The van der Waals surface area contributed by atoms with Crippen molar-refractivity contribution in [3.05, 3.63) is 30.3 Å². The molecular weight excluding hydrogens is 310 g/mol. The van der Waals surface area contributed by atoms with E-state index in [0.717, 1.165) is 31.4 Å². The molecule has 1 aliphatic rings. The molecule has 0 aromatic heterocycles. The summed E-state index contributed by atoms with van der Waals surface area (Å²) in [5.74, 6) is 0.540. The molecule has 0 atom stereocenters. The van der Waals surface area contributed by atoms with Crippen LogP contribution in [0, 0.1) is 0 Å². The lowest BCUT2D eigenvalue weighted by Crippen LogP contribution is -2.56. The minimum Gasteiger partial charge on any atom is -0.467 e. The Morgan fingerprint density at radius 3 is 2.52 bits per heavy atom. The summed E-state index contributed by atoms with van der Waals surface area (Å²) in [6.45, 7) is 0. The van der Waals surface area contributed by atoms with Crippen molar-refractivity contribution in [1.82, 2.24) is 5.32 Å². The van der Waals surface area contributed by atoms with Crippen molar-refractivity contribution in [2.45, 2.75) is 55.4 Å². The second-order valence-corrected chi connectivity index (χ2v) is 7.12. The first kappa shape index (κ1) is 17.9. The lowest BCUT2D eigenvalue weighted by molar-refractivity contribution is -0.152. The van der Waals surface area contributed by atoms with E-state index in [9.17, 15) is 9.59 Å². The number of amides is 1. The molecule has 5 heteroatoms. The summed E-state index contributed by atoms with van der Waals surface area (Å²) in [6.07, 6.45) is 5.64. The molecule has 0 unspecified atom stereocenters. The van der Waals surface area contributed by atoms with Crippen LogP contribution in [0.15, 0.2) is 35.2 Å². The fourth-order valence-electron chi connectivity index (χ4n) is 3.00. The van der Waals surface area contributed by atoms with Gasteiger partial charge in [0.25, 0.3) is 0 Å². The minimum absolute atomic E-state index is 0.0500. The van der Waals surface area contributed by atoms with Crippen LogP contribution in [-0.4, -0.2) is 30.3 Å². The predicted molar refractivity (Wildman–Crippen MR) is 92.4 cm³/mol. The third-order valence-electron chi connectivity index (χ3n) is 4.22. The maximum Gasteiger partial charge on any atom is 0.331 e. The van der Waals surface area contributed by atoms with Crippen LogP contribution in [0.3, 0.4) is 0 Å². The number of nitrogens with one attached hydrogen (secondary N) is 1. The molecule has 1 N–H and O–H groups in total. The number of carbonyl (C=O) groups is 2. The number of thioether (sulfide) groups is 1. The molecule has 2 rings (SSSR count). The van der Waals surface area contributed by atoms with E-state index in [1.807, 2.05) is 18.2 Å². The van der Waals surface area contributed by atoms with Gasteiger partial charge in [0, 0.05) is 11.3 Å². The number of esters is 1. The van der Waals surface area contributed by atoms with Gasteiger partial charge < -0.3 is 10.1 Å². The molecule has 0 aliphatic heterocycles. The lowest BCUT2D eigenvalue weighted by Gasteiger charge is -2.35. The Morgan fingerprint density at radius 2 is 1.87 bits per heavy atom. The van der Waals surface area contributed by atoms with Gasteiger partial charge in [0.1, 0.15) is 5.54 Å². The van der Waals surface area contributed by atoms with Crippen LogP contribution in [0.2, 0.25) is 0 Å².